The number of hydrogen-bond acceptors (Lipinski definition) is 1. The predicted molar refractivity (Wildman–Crippen MR) is 84.0 cm³/mol. The number of benzene rings is 1. The van der Waals surface area contributed by atoms with Crippen molar-refractivity contribution in [2.75, 3.05) is 0 Å². The summed E-state index contributed by atoms with van der Waals surface area (Å²) < 4.78 is 0. The third-order valence-electron chi connectivity index (χ3n) is 5.77. The normalized spacial score (nSPS) is 40.2. The van der Waals surface area contributed by atoms with Gasteiger partial charge in [-0.2, -0.15) is 0 Å². The molecule has 3 heteroatoms. The fourth-order valence-corrected chi connectivity index (χ4v) is 6.07. The summed E-state index contributed by atoms with van der Waals surface area (Å²) in [5, 5.41) is 3.18. The van der Waals surface area contributed by atoms with E-state index in [-0.39, 0.29) is 16.2 Å². The molecule has 2 nitrogen and oxygen atoms in total. The van der Waals surface area contributed by atoms with Gasteiger partial charge in [0.2, 0.25) is 5.91 Å². The lowest BCUT2D eigenvalue weighted by atomic mass is 9.49. The van der Waals surface area contributed by atoms with Crippen LogP contribution in [0.5, 0.6) is 0 Å². The molecule has 0 aromatic heterocycles. The number of halogens is 1. The molecule has 1 aromatic rings. The number of carbonyl (C=O) groups excluding carboxylic acids is 1. The Morgan fingerprint density at radius 2 is 1.81 bits per heavy atom. The highest BCUT2D eigenvalue weighted by molar-refractivity contribution is 6.24. The molecular weight excluding hydrogens is 282 g/mol. The first kappa shape index (κ1) is 13.6. The van der Waals surface area contributed by atoms with Gasteiger partial charge < -0.3 is 5.32 Å². The molecular formula is C18H22ClNO. The second-order valence-corrected chi connectivity index (χ2v) is 8.36. The van der Waals surface area contributed by atoms with Crippen LogP contribution in [0, 0.1) is 17.3 Å². The van der Waals surface area contributed by atoms with Gasteiger partial charge in [-0.15, -0.1) is 11.6 Å². The lowest BCUT2D eigenvalue weighted by Crippen LogP contribution is -2.58. The van der Waals surface area contributed by atoms with E-state index in [9.17, 15) is 4.79 Å². The van der Waals surface area contributed by atoms with E-state index in [0.29, 0.717) is 18.4 Å². The lowest BCUT2D eigenvalue weighted by molar-refractivity contribution is -0.144. The number of hydrogen-bond donors (Lipinski definition) is 1. The van der Waals surface area contributed by atoms with Gasteiger partial charge in [0.1, 0.15) is 0 Å². The van der Waals surface area contributed by atoms with Crippen molar-refractivity contribution in [3.63, 3.8) is 0 Å². The van der Waals surface area contributed by atoms with Crippen LogP contribution in [-0.2, 0) is 11.3 Å². The van der Waals surface area contributed by atoms with Crippen molar-refractivity contribution in [3.8, 4) is 0 Å². The van der Waals surface area contributed by atoms with Crippen LogP contribution in [0.4, 0.5) is 0 Å². The summed E-state index contributed by atoms with van der Waals surface area (Å²) >= 11 is 6.80. The van der Waals surface area contributed by atoms with Crippen LogP contribution in [0.2, 0.25) is 0 Å². The molecule has 1 amide bonds. The highest BCUT2D eigenvalue weighted by atomic mass is 35.5. The van der Waals surface area contributed by atoms with Gasteiger partial charge in [-0.1, -0.05) is 30.3 Å². The highest BCUT2D eigenvalue weighted by Crippen LogP contribution is 2.63. The molecule has 4 fully saturated rings. The zero-order valence-corrected chi connectivity index (χ0v) is 13.0. The Bertz CT molecular complexity index is 542. The van der Waals surface area contributed by atoms with Crippen molar-refractivity contribution in [3.05, 3.63) is 35.9 Å². The molecule has 0 unspecified atom stereocenters. The van der Waals surface area contributed by atoms with Gasteiger partial charge >= 0.3 is 0 Å². The first-order valence-electron chi connectivity index (χ1n) is 8.08. The molecule has 1 aromatic carbocycles. The van der Waals surface area contributed by atoms with Gasteiger partial charge in [0.05, 0.1) is 5.41 Å². The number of nitrogens with one attached hydrogen (secondary N) is 1. The minimum Gasteiger partial charge on any atom is -0.352 e. The zero-order chi connectivity index (χ0) is 14.5. The van der Waals surface area contributed by atoms with E-state index in [4.69, 9.17) is 11.6 Å². The van der Waals surface area contributed by atoms with Crippen LogP contribution in [-0.4, -0.2) is 10.8 Å². The lowest BCUT2D eigenvalue weighted by Gasteiger charge is -2.59. The second-order valence-electron chi connectivity index (χ2n) is 7.56. The van der Waals surface area contributed by atoms with Gasteiger partial charge in [-0.25, -0.2) is 0 Å². The largest absolute Gasteiger partial charge is 0.352 e. The SMILES string of the molecule is O=C(NCc1ccccc1)C12C[C@@H]3C[C@H](CC(Cl)(C3)C1)C2. The van der Waals surface area contributed by atoms with Crippen molar-refractivity contribution in [1.29, 1.82) is 0 Å². The molecule has 0 spiro atoms. The zero-order valence-electron chi connectivity index (χ0n) is 12.3. The molecule has 4 aliphatic carbocycles. The minimum absolute atomic E-state index is 0.0891. The Morgan fingerprint density at radius 3 is 2.43 bits per heavy atom. The van der Waals surface area contributed by atoms with E-state index >= 15 is 0 Å². The third kappa shape index (κ3) is 2.38. The Kier molecular flexibility index (Phi) is 3.08. The van der Waals surface area contributed by atoms with Crippen LogP contribution in [0.1, 0.15) is 44.1 Å². The summed E-state index contributed by atoms with van der Waals surface area (Å²) in [5.41, 5.74) is 0.983. The molecule has 0 aliphatic heterocycles. The average molecular weight is 304 g/mol. The molecule has 0 radical (unpaired) electrons. The van der Waals surface area contributed by atoms with E-state index in [0.717, 1.165) is 37.7 Å². The summed E-state index contributed by atoms with van der Waals surface area (Å²) in [6.45, 7) is 0.631. The predicted octanol–water partition coefficient (Wildman–Crippen LogP) is 3.88. The van der Waals surface area contributed by atoms with E-state index in [1.165, 1.54) is 6.42 Å². The molecule has 2 atom stereocenters. The molecule has 1 N–H and O–H groups in total. The Morgan fingerprint density at radius 1 is 1.14 bits per heavy atom. The van der Waals surface area contributed by atoms with E-state index < -0.39 is 0 Å². The van der Waals surface area contributed by atoms with Crippen LogP contribution in [0.25, 0.3) is 0 Å². The van der Waals surface area contributed by atoms with Crippen molar-refractivity contribution in [2.45, 2.75) is 49.9 Å². The number of rotatable bonds is 3. The average Bonchev–Trinajstić information content (AvgIpc) is 2.43. The van der Waals surface area contributed by atoms with Crippen molar-refractivity contribution in [2.24, 2.45) is 17.3 Å². The first-order chi connectivity index (χ1) is 10.1. The topological polar surface area (TPSA) is 29.1 Å². The maximum absolute atomic E-state index is 12.8. The van der Waals surface area contributed by atoms with Crippen LogP contribution in [0.3, 0.4) is 0 Å². The Balaban J connectivity index is 1.49. The Labute approximate surface area is 131 Å². The fraction of sp³-hybridized carbons (Fsp3) is 0.611. The van der Waals surface area contributed by atoms with Crippen LogP contribution < -0.4 is 5.32 Å². The summed E-state index contributed by atoms with van der Waals surface area (Å²) in [7, 11) is 0. The van der Waals surface area contributed by atoms with Gasteiger partial charge in [0.25, 0.3) is 0 Å². The maximum atomic E-state index is 12.8. The van der Waals surface area contributed by atoms with E-state index in [1.54, 1.807) is 0 Å². The van der Waals surface area contributed by atoms with Crippen LogP contribution >= 0.6 is 11.6 Å². The summed E-state index contributed by atoms with van der Waals surface area (Å²) in [6.07, 6.45) is 6.53. The van der Waals surface area contributed by atoms with Crippen LogP contribution in [0.15, 0.2) is 30.3 Å². The summed E-state index contributed by atoms with van der Waals surface area (Å²) in [6, 6.07) is 10.1. The Hall–Kier alpha value is -1.02. The number of carbonyl (C=O) groups is 1. The monoisotopic (exact) mass is 303 g/mol. The number of alkyl halides is 1. The van der Waals surface area contributed by atoms with Crippen molar-refractivity contribution >= 4 is 17.5 Å². The van der Waals surface area contributed by atoms with Gasteiger partial charge in [0, 0.05) is 11.4 Å². The fourth-order valence-electron chi connectivity index (χ4n) is 5.38. The molecule has 4 bridgehead atoms. The molecule has 4 saturated carbocycles. The molecule has 5 rings (SSSR count). The van der Waals surface area contributed by atoms with E-state index in [1.807, 2.05) is 18.2 Å². The quantitative estimate of drug-likeness (QED) is 0.844. The van der Waals surface area contributed by atoms with Gasteiger partial charge in [0.15, 0.2) is 0 Å². The summed E-state index contributed by atoms with van der Waals surface area (Å²) in [5.74, 6) is 1.59. The summed E-state index contributed by atoms with van der Waals surface area (Å²) in [4.78, 5) is 12.8. The standard InChI is InChI=1S/C18H22ClNO/c19-18-9-14-6-15(10-18)8-17(7-14,12-18)16(21)20-11-13-4-2-1-3-5-13/h1-5,14-15H,6-12H2,(H,20,21)/t14-,15-,17?,18?/m0/s1. The van der Waals surface area contributed by atoms with Gasteiger partial charge in [-0.3, -0.25) is 4.79 Å². The third-order valence-corrected chi connectivity index (χ3v) is 6.21. The minimum atomic E-state index is -0.180. The molecule has 0 saturated heterocycles. The molecule has 112 valence electrons. The smallest absolute Gasteiger partial charge is 0.226 e. The van der Waals surface area contributed by atoms with Crippen molar-refractivity contribution < 1.29 is 4.79 Å². The van der Waals surface area contributed by atoms with Crippen molar-refractivity contribution in [1.82, 2.24) is 5.32 Å². The second kappa shape index (κ2) is 4.74. The molecule has 21 heavy (non-hydrogen) atoms. The molecule has 4 aliphatic rings. The number of amides is 1. The first-order valence-corrected chi connectivity index (χ1v) is 8.46. The van der Waals surface area contributed by atoms with E-state index in [2.05, 4.69) is 17.4 Å². The van der Waals surface area contributed by atoms with Gasteiger partial charge in [-0.05, 0) is 55.9 Å². The highest BCUT2D eigenvalue weighted by Gasteiger charge is 2.59. The maximum Gasteiger partial charge on any atom is 0.226 e. The molecule has 0 heterocycles.